The van der Waals surface area contributed by atoms with Gasteiger partial charge in [0, 0.05) is 0 Å². The summed E-state index contributed by atoms with van der Waals surface area (Å²) in [5.41, 5.74) is 0.806. The van der Waals surface area contributed by atoms with Crippen LogP contribution in [-0.2, 0) is 28.4 Å². The highest BCUT2D eigenvalue weighted by molar-refractivity contribution is 8.09. The number of alkyl halides is 3. The van der Waals surface area contributed by atoms with Crippen molar-refractivity contribution in [1.82, 2.24) is 4.31 Å². The van der Waals surface area contributed by atoms with Gasteiger partial charge in [-0.3, -0.25) is 9.36 Å². The minimum absolute atomic E-state index is 0.219. The average Bonchev–Trinajstić information content (AvgIpc) is 2.93. The molecule has 1 atom stereocenters. The van der Waals surface area contributed by atoms with Crippen molar-refractivity contribution in [1.29, 1.82) is 0 Å². The van der Waals surface area contributed by atoms with E-state index >= 15 is 0 Å². The van der Waals surface area contributed by atoms with Crippen LogP contribution in [-0.4, -0.2) is 45.0 Å². The van der Waals surface area contributed by atoms with E-state index in [4.69, 9.17) is 43.9 Å². The molecule has 0 bridgehead atoms. The molecule has 1 unspecified atom stereocenters. The Balaban J connectivity index is 2.83. The van der Waals surface area contributed by atoms with Crippen LogP contribution < -0.4 is 0 Å². The molecule has 0 N–H and O–H groups in total. The van der Waals surface area contributed by atoms with E-state index in [0.717, 1.165) is 5.56 Å². The molecule has 2 rings (SSSR count). The minimum atomic E-state index is -4.57. The number of hydrogen-bond donors (Lipinski definition) is 0. The van der Waals surface area contributed by atoms with Crippen molar-refractivity contribution >= 4 is 70.1 Å². The highest BCUT2D eigenvalue weighted by atomic mass is 35.6. The van der Waals surface area contributed by atoms with Gasteiger partial charge in [-0.25, -0.2) is 12.7 Å². The molecule has 1 aromatic carbocycles. The van der Waals surface area contributed by atoms with Crippen LogP contribution in [0.4, 0.5) is 0 Å². The summed E-state index contributed by atoms with van der Waals surface area (Å²) in [6.45, 7) is 8.07. The molecule has 170 valence electrons. The third kappa shape index (κ3) is 4.69. The predicted octanol–water partition coefficient (Wildman–Crippen LogP) is 5.33. The van der Waals surface area contributed by atoms with Crippen LogP contribution in [0.25, 0.3) is 0 Å². The third-order valence-corrected chi connectivity index (χ3v) is 12.5. The molecule has 7 nitrogen and oxygen atoms in total. The largest absolute Gasteiger partial charge is 0.372 e. The van der Waals surface area contributed by atoms with Crippen LogP contribution >= 0.6 is 54.2 Å². The fraction of sp³-hybridized carbons (Fsp3) is 0.588. The van der Waals surface area contributed by atoms with Crippen LogP contribution in [0.5, 0.6) is 0 Å². The normalized spacial score (nSPS) is 21.1. The maximum Gasteiger partial charge on any atom is 0.372 e. The van der Waals surface area contributed by atoms with Gasteiger partial charge < -0.3 is 9.05 Å². The van der Waals surface area contributed by atoms with Gasteiger partial charge in [0.2, 0.25) is 9.70 Å². The van der Waals surface area contributed by atoms with Crippen LogP contribution in [0, 0.1) is 6.92 Å². The third-order valence-electron chi connectivity index (χ3n) is 3.90. The van der Waals surface area contributed by atoms with E-state index in [9.17, 15) is 17.8 Å². The summed E-state index contributed by atoms with van der Waals surface area (Å²) >= 11 is 19.4. The number of hydrogen-bond acceptors (Lipinski definition) is 7. The van der Waals surface area contributed by atoms with E-state index in [1.54, 1.807) is 46.8 Å². The highest BCUT2D eigenvalue weighted by Crippen LogP contribution is 2.76. The van der Waals surface area contributed by atoms with E-state index in [2.05, 4.69) is 0 Å². The highest BCUT2D eigenvalue weighted by Gasteiger charge is 2.74. The lowest BCUT2D eigenvalue weighted by molar-refractivity contribution is -0.124. The molecule has 1 saturated heterocycles. The molecule has 0 aromatic heterocycles. The summed E-state index contributed by atoms with van der Waals surface area (Å²) in [7, 11) is -9.13. The molecule has 1 aliphatic heterocycles. The molecule has 1 heterocycles. The molecule has 1 aliphatic rings. The molecular weight excluding hydrogens is 516 g/mol. The number of rotatable bonds is 7. The first kappa shape index (κ1) is 26.3. The van der Waals surface area contributed by atoms with Crippen LogP contribution in [0.1, 0.15) is 33.3 Å². The van der Waals surface area contributed by atoms with Gasteiger partial charge in [0.15, 0.2) is 0 Å². The minimum Gasteiger partial charge on any atom is -0.303 e. The van der Waals surface area contributed by atoms with E-state index in [-0.39, 0.29) is 4.90 Å². The zero-order chi connectivity index (χ0) is 23.1. The SMILES string of the molecule is Cc1ccc(S(=O)(=O)N2C(=O)CSC2(C(Cl)(Cl)Cl)P(=O)(OC(C)C)OC(C)C)cc1. The van der Waals surface area contributed by atoms with Gasteiger partial charge in [0.05, 0.1) is 22.9 Å². The van der Waals surface area contributed by atoms with Crippen molar-refractivity contribution in [2.45, 2.75) is 60.1 Å². The summed E-state index contributed by atoms with van der Waals surface area (Å²) in [6.07, 6.45) is -1.36. The van der Waals surface area contributed by atoms with Gasteiger partial charge in [-0.1, -0.05) is 52.5 Å². The number of carbonyl (C=O) groups excluding carboxylic acids is 1. The Morgan fingerprint density at radius 3 is 1.97 bits per heavy atom. The maximum atomic E-state index is 14.1. The zero-order valence-electron chi connectivity index (χ0n) is 17.0. The van der Waals surface area contributed by atoms with E-state index in [1.165, 1.54) is 12.1 Å². The zero-order valence-corrected chi connectivity index (χ0v) is 21.8. The van der Waals surface area contributed by atoms with Crippen LogP contribution in [0.3, 0.4) is 0 Å². The second kappa shape index (κ2) is 9.10. The standard InChI is InChI=1S/C17H23Cl3NO6PS2/c1-11(2)26-28(23,27-12(3)4)17(16(18,19)20)21(15(22)10-29-17)30(24,25)14-8-6-13(5)7-9-14/h6-9,11-12H,10H2,1-5H3. The fourth-order valence-corrected chi connectivity index (χ4v) is 11.3. The Kier molecular flexibility index (Phi) is 7.97. The lowest BCUT2D eigenvalue weighted by Crippen LogP contribution is -2.56. The summed E-state index contributed by atoms with van der Waals surface area (Å²) < 4.78 is 47.7. The van der Waals surface area contributed by atoms with Crippen molar-refractivity contribution < 1.29 is 26.8 Å². The molecule has 1 aromatic rings. The fourth-order valence-electron chi connectivity index (χ4n) is 2.83. The van der Waals surface area contributed by atoms with Crippen molar-refractivity contribution in [3.8, 4) is 0 Å². The van der Waals surface area contributed by atoms with Crippen molar-refractivity contribution in [3.63, 3.8) is 0 Å². The first-order valence-electron chi connectivity index (χ1n) is 8.91. The Bertz CT molecular complexity index is 935. The number of aryl methyl sites for hydroxylation is 1. The van der Waals surface area contributed by atoms with Gasteiger partial charge in [-0.05, 0) is 46.8 Å². The molecule has 0 spiro atoms. The first-order valence-corrected chi connectivity index (χ1v) is 14.0. The van der Waals surface area contributed by atoms with E-state index in [0.29, 0.717) is 16.1 Å². The average molecular weight is 539 g/mol. The lowest BCUT2D eigenvalue weighted by Gasteiger charge is -2.45. The van der Waals surface area contributed by atoms with Gasteiger partial charge in [0.1, 0.15) is 0 Å². The topological polar surface area (TPSA) is 90.0 Å². The van der Waals surface area contributed by atoms with Gasteiger partial charge in [-0.15, -0.1) is 11.8 Å². The Hall–Kier alpha value is 0.01000. The number of carbonyl (C=O) groups is 1. The number of nitrogens with zero attached hydrogens (tertiary/aromatic N) is 1. The summed E-state index contributed by atoms with van der Waals surface area (Å²) in [5, 5.41) is 0. The van der Waals surface area contributed by atoms with Gasteiger partial charge in [-0.2, -0.15) is 0 Å². The molecule has 1 fully saturated rings. The Morgan fingerprint density at radius 2 is 1.57 bits per heavy atom. The second-order valence-electron chi connectivity index (χ2n) is 7.18. The Labute approximate surface area is 196 Å². The van der Waals surface area contributed by atoms with Gasteiger partial charge in [0.25, 0.3) is 14.6 Å². The summed E-state index contributed by atoms with van der Waals surface area (Å²) in [5.74, 6) is -1.29. The van der Waals surface area contributed by atoms with Crippen LogP contribution in [0.15, 0.2) is 29.2 Å². The second-order valence-corrected chi connectivity index (χ2v) is 14.8. The Morgan fingerprint density at radius 1 is 1.10 bits per heavy atom. The van der Waals surface area contributed by atoms with E-state index < -0.39 is 49.9 Å². The summed E-state index contributed by atoms with van der Waals surface area (Å²) in [4.78, 5) is 12.6. The number of amides is 1. The molecule has 0 saturated carbocycles. The first-order chi connectivity index (χ1) is 13.6. The van der Waals surface area contributed by atoms with Crippen molar-refractivity contribution in [3.05, 3.63) is 29.8 Å². The molecule has 30 heavy (non-hydrogen) atoms. The monoisotopic (exact) mass is 537 g/mol. The number of thioether (sulfide) groups is 1. The molecule has 0 aliphatic carbocycles. The van der Waals surface area contributed by atoms with Crippen molar-refractivity contribution in [2.24, 2.45) is 0 Å². The molecule has 1 amide bonds. The molecule has 13 heteroatoms. The van der Waals surface area contributed by atoms with Crippen LogP contribution in [0.2, 0.25) is 0 Å². The summed E-state index contributed by atoms with van der Waals surface area (Å²) in [6, 6.07) is 5.77. The number of halogens is 3. The number of benzene rings is 1. The van der Waals surface area contributed by atoms with E-state index in [1.807, 2.05) is 0 Å². The molecule has 0 radical (unpaired) electrons. The maximum absolute atomic E-state index is 14.1. The lowest BCUT2D eigenvalue weighted by atomic mass is 10.2. The van der Waals surface area contributed by atoms with Crippen molar-refractivity contribution in [2.75, 3.05) is 5.75 Å². The molecular formula is C17H23Cl3NO6PS2. The van der Waals surface area contributed by atoms with Gasteiger partial charge >= 0.3 is 7.60 Å². The smallest absolute Gasteiger partial charge is 0.303 e. The predicted molar refractivity (Wildman–Crippen MR) is 121 cm³/mol. The number of sulfonamides is 1. The quantitative estimate of drug-likeness (QED) is 0.342.